The minimum Gasteiger partial charge on any atom is -0.378 e. The summed E-state index contributed by atoms with van der Waals surface area (Å²) < 4.78 is 5.85. The van der Waals surface area contributed by atoms with Gasteiger partial charge < -0.3 is 15.3 Å². The van der Waals surface area contributed by atoms with Gasteiger partial charge in [-0.3, -0.25) is 0 Å². The van der Waals surface area contributed by atoms with Crippen molar-refractivity contribution in [2.24, 2.45) is 11.7 Å². The molecule has 0 bridgehead atoms. The zero-order valence-electron chi connectivity index (χ0n) is 14.4. The lowest BCUT2D eigenvalue weighted by Crippen LogP contribution is -2.21. The third-order valence-corrected chi connectivity index (χ3v) is 5.00. The zero-order chi connectivity index (χ0) is 16.5. The molecule has 2 N–H and O–H groups in total. The van der Waals surface area contributed by atoms with Gasteiger partial charge in [-0.15, -0.1) is 0 Å². The smallest absolute Gasteiger partial charge is 0.137 e. The highest BCUT2D eigenvalue weighted by Crippen LogP contribution is 2.28. The van der Waals surface area contributed by atoms with Gasteiger partial charge in [-0.2, -0.15) is 0 Å². The van der Waals surface area contributed by atoms with Gasteiger partial charge in [0.25, 0.3) is 0 Å². The van der Waals surface area contributed by atoms with Crippen LogP contribution in [0.25, 0.3) is 0 Å². The van der Waals surface area contributed by atoms with Crippen LogP contribution in [0.5, 0.6) is 0 Å². The normalized spacial score (nSPS) is 25.7. The molecular weight excluding hydrogens is 286 g/mol. The van der Waals surface area contributed by atoms with E-state index in [1.54, 1.807) is 0 Å². The quantitative estimate of drug-likeness (QED) is 0.515. The van der Waals surface area contributed by atoms with Gasteiger partial charge in [-0.25, -0.2) is 0 Å². The van der Waals surface area contributed by atoms with E-state index in [1.807, 2.05) is 0 Å². The van der Waals surface area contributed by atoms with E-state index in [4.69, 9.17) is 10.5 Å². The number of carbonyl (C=O) groups excluding carboxylic acids is 1. The Morgan fingerprint density at radius 3 is 3.04 bits per heavy atom. The van der Waals surface area contributed by atoms with E-state index >= 15 is 0 Å². The first-order valence-corrected chi connectivity index (χ1v) is 9.10. The molecule has 3 heteroatoms. The number of carbonyl (C=O) groups is 1. The summed E-state index contributed by atoms with van der Waals surface area (Å²) in [4.78, 5) is 10.7. The molecule has 2 aliphatic rings. The molecule has 1 fully saturated rings. The Morgan fingerprint density at radius 1 is 1.39 bits per heavy atom. The van der Waals surface area contributed by atoms with Crippen LogP contribution < -0.4 is 5.73 Å². The Hall–Kier alpha value is -1.19. The van der Waals surface area contributed by atoms with Gasteiger partial charge in [0.15, 0.2) is 0 Å². The van der Waals surface area contributed by atoms with Crippen molar-refractivity contribution < 1.29 is 9.53 Å². The largest absolute Gasteiger partial charge is 0.378 e. The average molecular weight is 317 g/mol. The summed E-state index contributed by atoms with van der Waals surface area (Å²) in [5, 5.41) is 0. The summed E-state index contributed by atoms with van der Waals surface area (Å²) in [6.07, 6.45) is 18.9. The molecular formula is C20H31NO2. The van der Waals surface area contributed by atoms with E-state index in [-0.39, 0.29) is 0 Å². The van der Waals surface area contributed by atoms with Crippen LogP contribution in [-0.2, 0) is 9.53 Å². The Labute approximate surface area is 140 Å². The van der Waals surface area contributed by atoms with Crippen LogP contribution in [0.1, 0.15) is 58.3 Å². The van der Waals surface area contributed by atoms with Crippen LogP contribution in [0.15, 0.2) is 35.5 Å². The van der Waals surface area contributed by atoms with Crippen LogP contribution >= 0.6 is 0 Å². The molecule has 0 saturated carbocycles. The van der Waals surface area contributed by atoms with E-state index in [0.29, 0.717) is 12.5 Å². The molecule has 128 valence electrons. The fraction of sp³-hybridized carbons (Fsp3) is 0.650. The van der Waals surface area contributed by atoms with Gasteiger partial charge >= 0.3 is 0 Å². The average Bonchev–Trinajstić information content (AvgIpc) is 2.91. The number of hydrogen-bond acceptors (Lipinski definition) is 3. The number of ether oxygens (including phenoxy) is 1. The first-order valence-electron chi connectivity index (χ1n) is 9.10. The molecule has 0 spiro atoms. The van der Waals surface area contributed by atoms with Gasteiger partial charge in [-0.05, 0) is 50.0 Å². The molecule has 1 aliphatic heterocycles. The van der Waals surface area contributed by atoms with Crippen LogP contribution in [0.2, 0.25) is 0 Å². The van der Waals surface area contributed by atoms with Crippen molar-refractivity contribution in [3.8, 4) is 0 Å². The highest BCUT2D eigenvalue weighted by molar-refractivity contribution is 5.58. The molecule has 0 amide bonds. The SMILES string of the molecule is CCC1CCOC1CCCCC1=CC=C(CC(N)C=O)C=CC1. The summed E-state index contributed by atoms with van der Waals surface area (Å²) >= 11 is 0. The topological polar surface area (TPSA) is 52.3 Å². The van der Waals surface area contributed by atoms with Gasteiger partial charge in [0.05, 0.1) is 12.1 Å². The fourth-order valence-corrected chi connectivity index (χ4v) is 3.53. The number of aldehydes is 1. The Morgan fingerprint density at radius 2 is 2.26 bits per heavy atom. The van der Waals surface area contributed by atoms with Gasteiger partial charge in [-0.1, -0.05) is 49.6 Å². The molecule has 3 nitrogen and oxygen atoms in total. The second-order valence-corrected chi connectivity index (χ2v) is 6.79. The minimum atomic E-state index is -0.390. The molecule has 1 aliphatic carbocycles. The van der Waals surface area contributed by atoms with E-state index in [1.165, 1.54) is 37.7 Å². The Balaban J connectivity index is 1.71. The molecule has 0 aromatic carbocycles. The van der Waals surface area contributed by atoms with Crippen LogP contribution in [0.4, 0.5) is 0 Å². The molecule has 0 aromatic heterocycles. The van der Waals surface area contributed by atoms with E-state index in [9.17, 15) is 4.79 Å². The van der Waals surface area contributed by atoms with E-state index in [2.05, 4.69) is 31.2 Å². The lowest BCUT2D eigenvalue weighted by molar-refractivity contribution is -0.108. The molecule has 0 radical (unpaired) electrons. The van der Waals surface area contributed by atoms with E-state index < -0.39 is 6.04 Å². The summed E-state index contributed by atoms with van der Waals surface area (Å²) in [6, 6.07) is -0.390. The van der Waals surface area contributed by atoms with Gasteiger partial charge in [0.2, 0.25) is 0 Å². The first-order chi connectivity index (χ1) is 11.2. The number of nitrogens with two attached hydrogens (primary N) is 1. The van der Waals surface area contributed by atoms with Crippen molar-refractivity contribution in [3.05, 3.63) is 35.5 Å². The second kappa shape index (κ2) is 9.84. The monoisotopic (exact) mass is 317 g/mol. The van der Waals surface area contributed by atoms with Crippen molar-refractivity contribution in [3.63, 3.8) is 0 Å². The fourth-order valence-electron chi connectivity index (χ4n) is 3.53. The first kappa shape index (κ1) is 18.2. The third-order valence-electron chi connectivity index (χ3n) is 5.00. The number of allylic oxidation sites excluding steroid dienone is 5. The van der Waals surface area contributed by atoms with Crippen molar-refractivity contribution in [2.45, 2.75) is 70.4 Å². The molecule has 3 atom stereocenters. The zero-order valence-corrected chi connectivity index (χ0v) is 14.4. The predicted octanol–water partition coefficient (Wildman–Crippen LogP) is 4.09. The van der Waals surface area contributed by atoms with Crippen molar-refractivity contribution >= 4 is 6.29 Å². The standard InChI is InChI=1S/C20H31NO2/c1-2-18-12-13-23-20(18)9-4-3-6-16-7-5-8-17(11-10-16)14-19(21)15-22/h5,8,10-11,15,18-20H,2-4,6-7,9,12-14,21H2,1H3. The van der Waals surface area contributed by atoms with Crippen LogP contribution in [0, 0.1) is 5.92 Å². The van der Waals surface area contributed by atoms with Crippen LogP contribution in [0.3, 0.4) is 0 Å². The lowest BCUT2D eigenvalue weighted by atomic mass is 9.94. The lowest BCUT2D eigenvalue weighted by Gasteiger charge is -2.16. The maximum atomic E-state index is 10.7. The molecule has 3 unspecified atom stereocenters. The Kier molecular flexibility index (Phi) is 7.77. The Bertz CT molecular complexity index is 464. The molecule has 0 aromatic rings. The van der Waals surface area contributed by atoms with Gasteiger partial charge in [0.1, 0.15) is 6.29 Å². The van der Waals surface area contributed by atoms with Crippen LogP contribution in [-0.4, -0.2) is 25.0 Å². The minimum absolute atomic E-state index is 0.390. The second-order valence-electron chi connectivity index (χ2n) is 6.79. The van der Waals surface area contributed by atoms with Crippen molar-refractivity contribution in [2.75, 3.05) is 6.61 Å². The summed E-state index contributed by atoms with van der Waals surface area (Å²) in [7, 11) is 0. The maximum Gasteiger partial charge on any atom is 0.137 e. The van der Waals surface area contributed by atoms with Crippen molar-refractivity contribution in [1.82, 2.24) is 0 Å². The predicted molar refractivity (Wildman–Crippen MR) is 95.2 cm³/mol. The molecule has 23 heavy (non-hydrogen) atoms. The number of hydrogen-bond donors (Lipinski definition) is 1. The van der Waals surface area contributed by atoms with E-state index in [0.717, 1.165) is 37.2 Å². The molecule has 1 saturated heterocycles. The number of rotatable bonds is 9. The van der Waals surface area contributed by atoms with Gasteiger partial charge in [0, 0.05) is 6.61 Å². The highest BCUT2D eigenvalue weighted by Gasteiger charge is 2.25. The van der Waals surface area contributed by atoms with Crippen molar-refractivity contribution in [1.29, 1.82) is 0 Å². The summed E-state index contributed by atoms with van der Waals surface area (Å²) in [6.45, 7) is 3.23. The highest BCUT2D eigenvalue weighted by atomic mass is 16.5. The molecule has 1 heterocycles. The molecule has 2 rings (SSSR count). The summed E-state index contributed by atoms with van der Waals surface area (Å²) in [5.41, 5.74) is 8.31. The number of unbranched alkanes of at least 4 members (excludes halogenated alkanes) is 1. The third kappa shape index (κ3) is 6.08. The maximum absolute atomic E-state index is 10.7. The summed E-state index contributed by atoms with van der Waals surface area (Å²) in [5.74, 6) is 0.780.